The van der Waals surface area contributed by atoms with E-state index in [-0.39, 0.29) is 5.48 Å². The molecular formula is CHO4-3. The van der Waals surface area contributed by atoms with Gasteiger partial charge in [0, 0.05) is 0 Å². The Morgan fingerprint density at radius 2 is 1.40 bits per heavy atom. The van der Waals surface area contributed by atoms with Gasteiger partial charge in [-0.25, -0.2) is 0 Å². The molecule has 0 unspecified atom stereocenters. The van der Waals surface area contributed by atoms with Crippen LogP contribution in [0.5, 0.6) is 0 Å². The number of carbonyl (C=O) groups is 1. The maximum Gasteiger partial charge on any atom is -0.0431 e. The minimum absolute atomic E-state index is 0. The summed E-state index contributed by atoms with van der Waals surface area (Å²) in [5.74, 6) is 0. The third-order valence-electron chi connectivity index (χ3n) is 0. The van der Waals surface area contributed by atoms with Crippen LogP contribution >= 0.6 is 0 Å². The molecule has 0 saturated heterocycles. The molecule has 0 aliphatic rings. The standard InChI is InChI=1S/CH2O3.H2O/c2-1(3)4;/h(H2,2,3,4);1H2/p-3. The van der Waals surface area contributed by atoms with Crippen molar-refractivity contribution in [3.63, 3.8) is 0 Å². The predicted molar refractivity (Wildman–Crippen MR) is 7.33 cm³/mol. The van der Waals surface area contributed by atoms with Gasteiger partial charge in [0.2, 0.25) is 0 Å². The minimum Gasteiger partial charge on any atom is -0.870 e. The van der Waals surface area contributed by atoms with Gasteiger partial charge in [0.25, 0.3) is 0 Å². The third kappa shape index (κ3) is 8.24. The fraction of sp³-hybridized carbons (Fsp3) is 0. The Morgan fingerprint density at radius 1 is 1.40 bits per heavy atom. The fourth-order valence-corrected chi connectivity index (χ4v) is 0. The zero-order valence-corrected chi connectivity index (χ0v) is 2.17. The minimum atomic E-state index is -2.33. The van der Waals surface area contributed by atoms with E-state index >= 15 is 0 Å². The molecule has 1 N–H and O–H groups in total. The van der Waals surface area contributed by atoms with Gasteiger partial charge in [-0.2, -0.15) is 0 Å². The van der Waals surface area contributed by atoms with Gasteiger partial charge in [-0.1, -0.05) is 0 Å². The van der Waals surface area contributed by atoms with Gasteiger partial charge in [-0.3, -0.25) is 0 Å². The molecule has 4 nitrogen and oxygen atoms in total. The van der Waals surface area contributed by atoms with Crippen LogP contribution in [0.3, 0.4) is 0 Å². The van der Waals surface area contributed by atoms with Crippen LogP contribution in [0.4, 0.5) is 4.79 Å². The Kier molecular flexibility index (Phi) is 5.73. The van der Waals surface area contributed by atoms with E-state index in [1.165, 1.54) is 0 Å². The molecule has 0 amide bonds. The zero-order chi connectivity index (χ0) is 3.58. The molecule has 0 spiro atoms. The molecule has 0 aromatic carbocycles. The lowest BCUT2D eigenvalue weighted by molar-refractivity contribution is -0.415. The lowest BCUT2D eigenvalue weighted by Gasteiger charge is -1.96. The number of hydrogen-bond donors (Lipinski definition) is 0. The van der Waals surface area contributed by atoms with Crippen LogP contribution in [-0.2, 0) is 0 Å². The van der Waals surface area contributed by atoms with E-state index < -0.39 is 6.16 Å². The molecule has 4 heteroatoms. The normalized spacial score (nSPS) is 4.80. The van der Waals surface area contributed by atoms with Crippen molar-refractivity contribution in [3.05, 3.63) is 0 Å². The molecule has 0 aromatic rings. The summed E-state index contributed by atoms with van der Waals surface area (Å²) in [6, 6.07) is 0. The van der Waals surface area contributed by atoms with Crippen molar-refractivity contribution in [1.82, 2.24) is 0 Å². The molecule has 0 aliphatic heterocycles. The van der Waals surface area contributed by atoms with Crippen LogP contribution in [0, 0.1) is 0 Å². The number of carbonyl (C=O) groups excluding carboxylic acids is 1. The Labute approximate surface area is 28.0 Å². The molecule has 0 saturated carbocycles. The molecule has 0 rings (SSSR count). The number of carboxylic acid groups (broad SMARTS) is 2. The largest absolute Gasteiger partial charge is 0.870 e. The summed E-state index contributed by atoms with van der Waals surface area (Å²) >= 11 is 0. The molecule has 5 heavy (non-hydrogen) atoms. The van der Waals surface area contributed by atoms with Crippen molar-refractivity contribution < 1.29 is 20.5 Å². The van der Waals surface area contributed by atoms with Crippen molar-refractivity contribution in [1.29, 1.82) is 0 Å². The van der Waals surface area contributed by atoms with Gasteiger partial charge < -0.3 is 20.5 Å². The van der Waals surface area contributed by atoms with Crippen LogP contribution in [0.2, 0.25) is 0 Å². The van der Waals surface area contributed by atoms with Gasteiger partial charge in [0.1, 0.15) is 0 Å². The van der Waals surface area contributed by atoms with Crippen LogP contribution in [-0.4, -0.2) is 11.6 Å². The predicted octanol–water partition coefficient (Wildman–Crippen LogP) is -2.62. The third-order valence-corrected chi connectivity index (χ3v) is 0. The Bertz CT molecular complexity index is 26.6. The lowest BCUT2D eigenvalue weighted by Crippen LogP contribution is -2.37. The van der Waals surface area contributed by atoms with E-state index in [1.54, 1.807) is 0 Å². The highest BCUT2D eigenvalue weighted by Crippen LogP contribution is 1.21. The van der Waals surface area contributed by atoms with E-state index in [2.05, 4.69) is 0 Å². The Morgan fingerprint density at radius 3 is 1.40 bits per heavy atom. The summed E-state index contributed by atoms with van der Waals surface area (Å²) in [6.07, 6.45) is -2.33. The second kappa shape index (κ2) is 3.23. The lowest BCUT2D eigenvalue weighted by atomic mass is 11.5. The number of rotatable bonds is 0. The first-order chi connectivity index (χ1) is 1.73. The van der Waals surface area contributed by atoms with Crippen LogP contribution in [0.15, 0.2) is 0 Å². The molecule has 0 fully saturated rings. The van der Waals surface area contributed by atoms with Gasteiger partial charge >= 0.3 is 0 Å². The summed E-state index contributed by atoms with van der Waals surface area (Å²) in [7, 11) is 0. The van der Waals surface area contributed by atoms with E-state index in [0.717, 1.165) is 0 Å². The van der Waals surface area contributed by atoms with Gasteiger partial charge in [-0.15, -0.1) is 0 Å². The van der Waals surface area contributed by atoms with E-state index in [9.17, 15) is 0 Å². The quantitative estimate of drug-likeness (QED) is 0.316. The summed E-state index contributed by atoms with van der Waals surface area (Å²) in [5, 5.41) is 16.7. The Hall–Kier alpha value is -0.770. The van der Waals surface area contributed by atoms with E-state index in [1.807, 2.05) is 0 Å². The molecular weight excluding hydrogens is 76.0 g/mol. The summed E-state index contributed by atoms with van der Waals surface area (Å²) in [6.45, 7) is 0. The fourth-order valence-electron chi connectivity index (χ4n) is 0. The summed E-state index contributed by atoms with van der Waals surface area (Å²) in [4.78, 5) is 8.33. The van der Waals surface area contributed by atoms with Crippen molar-refractivity contribution in [2.45, 2.75) is 0 Å². The van der Waals surface area contributed by atoms with Crippen molar-refractivity contribution in [2.24, 2.45) is 0 Å². The average molecular weight is 77.0 g/mol. The highest BCUT2D eigenvalue weighted by molar-refractivity contribution is 5.47. The molecule has 0 aromatic heterocycles. The molecule has 0 aliphatic carbocycles. The number of hydrogen-bond acceptors (Lipinski definition) is 4. The van der Waals surface area contributed by atoms with Crippen LogP contribution < -0.4 is 10.2 Å². The smallest absolute Gasteiger partial charge is 0.0431 e. The van der Waals surface area contributed by atoms with Gasteiger partial charge in [0.15, 0.2) is 0 Å². The van der Waals surface area contributed by atoms with Gasteiger partial charge in [0.05, 0.1) is 0 Å². The highest BCUT2D eigenvalue weighted by Gasteiger charge is 1.26. The first-order valence-electron chi connectivity index (χ1n) is 0.612. The second-order valence-corrected chi connectivity index (χ2v) is 0.250. The maximum atomic E-state index is 8.33. The summed E-state index contributed by atoms with van der Waals surface area (Å²) < 4.78 is 0. The topological polar surface area (TPSA) is 93.2 Å². The first kappa shape index (κ1) is 8.87. The molecule has 0 heterocycles. The summed E-state index contributed by atoms with van der Waals surface area (Å²) in [5.41, 5.74) is 0. The maximum absolute atomic E-state index is 8.33. The highest BCUT2D eigenvalue weighted by atomic mass is 16.6. The first-order valence-corrected chi connectivity index (χ1v) is 0.612. The molecule has 0 atom stereocenters. The monoisotopic (exact) mass is 77.0 g/mol. The zero-order valence-electron chi connectivity index (χ0n) is 2.17. The van der Waals surface area contributed by atoms with Crippen molar-refractivity contribution in [2.75, 3.05) is 0 Å². The average Bonchev–Trinajstić information content (AvgIpc) is 0.811. The molecule has 0 bridgehead atoms. The molecule has 0 radical (unpaired) electrons. The Balaban J connectivity index is 0. The van der Waals surface area contributed by atoms with Crippen LogP contribution in [0.1, 0.15) is 0 Å². The van der Waals surface area contributed by atoms with Crippen molar-refractivity contribution in [3.8, 4) is 0 Å². The van der Waals surface area contributed by atoms with E-state index in [4.69, 9.17) is 15.0 Å². The van der Waals surface area contributed by atoms with Crippen LogP contribution in [0.25, 0.3) is 0 Å². The van der Waals surface area contributed by atoms with E-state index in [0.29, 0.717) is 0 Å². The second-order valence-electron chi connectivity index (χ2n) is 0.250. The van der Waals surface area contributed by atoms with Crippen molar-refractivity contribution >= 4 is 6.16 Å². The molecule has 32 valence electrons. The van der Waals surface area contributed by atoms with Gasteiger partial charge in [-0.05, 0) is 6.16 Å². The SMILES string of the molecule is O=C([O-])[O-].[OH-].